The van der Waals surface area contributed by atoms with Crippen LogP contribution in [0, 0.1) is 18.3 Å². The molecule has 1 saturated heterocycles. The molecule has 0 spiro atoms. The Kier molecular flexibility index (Phi) is 6.15. The average molecular weight is 464 g/mol. The summed E-state index contributed by atoms with van der Waals surface area (Å²) < 4.78 is 11.9. The molecule has 0 radical (unpaired) electrons. The van der Waals surface area contributed by atoms with Crippen LogP contribution in [0.25, 0.3) is 33.2 Å². The van der Waals surface area contributed by atoms with Gasteiger partial charge in [0, 0.05) is 41.5 Å². The van der Waals surface area contributed by atoms with Gasteiger partial charge < -0.3 is 14.4 Å². The monoisotopic (exact) mass is 463 g/mol. The molecule has 0 amide bonds. The highest BCUT2D eigenvalue weighted by Crippen LogP contribution is 2.40. The molecule has 5 heteroatoms. The summed E-state index contributed by atoms with van der Waals surface area (Å²) in [6.45, 7) is 8.18. The zero-order valence-electron chi connectivity index (χ0n) is 20.6. The van der Waals surface area contributed by atoms with E-state index >= 15 is 0 Å². The maximum atomic E-state index is 9.13. The predicted molar refractivity (Wildman–Crippen MR) is 141 cm³/mol. The van der Waals surface area contributed by atoms with Gasteiger partial charge in [-0.3, -0.25) is 4.98 Å². The Morgan fingerprint density at radius 2 is 1.71 bits per heavy atom. The molecule has 2 atom stereocenters. The quantitative estimate of drug-likeness (QED) is 0.352. The van der Waals surface area contributed by atoms with Crippen LogP contribution in [0.3, 0.4) is 0 Å². The number of rotatable bonds is 4. The van der Waals surface area contributed by atoms with Crippen molar-refractivity contribution in [3.63, 3.8) is 0 Å². The van der Waals surface area contributed by atoms with E-state index in [2.05, 4.69) is 62.1 Å². The lowest BCUT2D eigenvalue weighted by molar-refractivity contribution is -0.00521. The number of fused-ring (bicyclic) bond motifs is 1. The van der Waals surface area contributed by atoms with E-state index in [0.717, 1.165) is 52.0 Å². The van der Waals surface area contributed by atoms with Crippen molar-refractivity contribution in [2.24, 2.45) is 0 Å². The Balaban J connectivity index is 1.56. The topological polar surface area (TPSA) is 58.4 Å². The highest BCUT2D eigenvalue weighted by Gasteiger charge is 2.23. The van der Waals surface area contributed by atoms with Crippen molar-refractivity contribution in [3.8, 4) is 34.1 Å². The fourth-order valence-corrected chi connectivity index (χ4v) is 5.10. The summed E-state index contributed by atoms with van der Waals surface area (Å²) in [5.74, 6) is 0.815. The number of aromatic nitrogens is 1. The van der Waals surface area contributed by atoms with Crippen molar-refractivity contribution >= 4 is 16.6 Å². The van der Waals surface area contributed by atoms with Crippen LogP contribution in [-0.2, 0) is 4.74 Å². The van der Waals surface area contributed by atoms with Gasteiger partial charge in [0.1, 0.15) is 5.75 Å². The third-order valence-corrected chi connectivity index (χ3v) is 6.66. The first kappa shape index (κ1) is 22.9. The number of aryl methyl sites for hydroxylation is 1. The summed E-state index contributed by atoms with van der Waals surface area (Å²) in [6.07, 6.45) is 2.34. The first-order valence-corrected chi connectivity index (χ1v) is 12.0. The second kappa shape index (κ2) is 9.40. The van der Waals surface area contributed by atoms with Crippen LogP contribution in [0.15, 0.2) is 66.9 Å². The van der Waals surface area contributed by atoms with Crippen molar-refractivity contribution < 1.29 is 9.47 Å². The molecule has 0 bridgehead atoms. The minimum absolute atomic E-state index is 0.216. The first-order valence-electron chi connectivity index (χ1n) is 12.0. The second-order valence-electron chi connectivity index (χ2n) is 9.26. The molecule has 0 saturated carbocycles. The highest BCUT2D eigenvalue weighted by molar-refractivity contribution is 6.00. The van der Waals surface area contributed by atoms with E-state index in [4.69, 9.17) is 19.7 Å². The van der Waals surface area contributed by atoms with Crippen LogP contribution in [0.5, 0.6) is 5.75 Å². The third-order valence-electron chi connectivity index (χ3n) is 6.66. The van der Waals surface area contributed by atoms with Crippen molar-refractivity contribution in [1.29, 1.82) is 5.26 Å². The lowest BCUT2D eigenvalue weighted by atomic mass is 9.96. The van der Waals surface area contributed by atoms with Gasteiger partial charge in [-0.25, -0.2) is 0 Å². The number of para-hydroxylation sites is 1. The van der Waals surface area contributed by atoms with E-state index in [1.165, 1.54) is 11.3 Å². The zero-order chi connectivity index (χ0) is 24.5. The molecule has 2 heterocycles. The Morgan fingerprint density at radius 3 is 2.37 bits per heavy atom. The molecule has 1 aromatic heterocycles. The molecule has 0 unspecified atom stereocenters. The summed E-state index contributed by atoms with van der Waals surface area (Å²) in [5.41, 5.74) is 8.03. The van der Waals surface area contributed by atoms with Gasteiger partial charge in [-0.2, -0.15) is 5.26 Å². The van der Waals surface area contributed by atoms with E-state index in [1.54, 1.807) is 7.11 Å². The predicted octanol–water partition coefficient (Wildman–Crippen LogP) is 6.37. The SMILES string of the molecule is COc1c(-c2ccc(N3C[C@@H](C)O[C@@H](C)C3)cc2C)cnc2c(-c3ccc(C#N)cc3)cccc12. The van der Waals surface area contributed by atoms with E-state index in [1.807, 2.05) is 36.5 Å². The first-order chi connectivity index (χ1) is 17.0. The van der Waals surface area contributed by atoms with Crippen LogP contribution in [-0.4, -0.2) is 37.4 Å². The van der Waals surface area contributed by atoms with Crippen molar-refractivity contribution in [3.05, 3.63) is 78.0 Å². The lowest BCUT2D eigenvalue weighted by Crippen LogP contribution is -2.45. The third kappa shape index (κ3) is 4.34. The number of ether oxygens (including phenoxy) is 2. The van der Waals surface area contributed by atoms with Gasteiger partial charge in [0.15, 0.2) is 0 Å². The second-order valence-corrected chi connectivity index (χ2v) is 9.26. The zero-order valence-corrected chi connectivity index (χ0v) is 20.6. The van der Waals surface area contributed by atoms with Crippen molar-refractivity contribution in [2.45, 2.75) is 33.0 Å². The van der Waals surface area contributed by atoms with Gasteiger partial charge >= 0.3 is 0 Å². The maximum absolute atomic E-state index is 9.13. The van der Waals surface area contributed by atoms with Crippen LogP contribution < -0.4 is 9.64 Å². The van der Waals surface area contributed by atoms with Gasteiger partial charge in [-0.1, -0.05) is 30.3 Å². The summed E-state index contributed by atoms with van der Waals surface area (Å²) in [6, 6.07) is 22.5. The number of benzene rings is 3. The Morgan fingerprint density at radius 1 is 0.971 bits per heavy atom. The molecule has 35 heavy (non-hydrogen) atoms. The number of hydrogen-bond acceptors (Lipinski definition) is 5. The molecular weight excluding hydrogens is 434 g/mol. The van der Waals surface area contributed by atoms with E-state index in [0.29, 0.717) is 5.56 Å². The van der Waals surface area contributed by atoms with E-state index in [9.17, 15) is 0 Å². The molecular formula is C30H29N3O2. The van der Waals surface area contributed by atoms with E-state index in [-0.39, 0.29) is 12.2 Å². The number of nitriles is 1. The van der Waals surface area contributed by atoms with Gasteiger partial charge in [-0.15, -0.1) is 0 Å². The maximum Gasteiger partial charge on any atom is 0.137 e. The van der Waals surface area contributed by atoms with Crippen molar-refractivity contribution in [2.75, 3.05) is 25.1 Å². The Hall–Kier alpha value is -3.88. The molecule has 0 N–H and O–H groups in total. The van der Waals surface area contributed by atoms with Crippen LogP contribution >= 0.6 is 0 Å². The number of pyridine rings is 1. The molecule has 5 rings (SSSR count). The minimum atomic E-state index is 0.216. The molecule has 176 valence electrons. The number of anilines is 1. The van der Waals surface area contributed by atoms with Crippen LogP contribution in [0.1, 0.15) is 25.0 Å². The number of hydrogen-bond donors (Lipinski definition) is 0. The minimum Gasteiger partial charge on any atom is -0.495 e. The number of morpholine rings is 1. The normalized spacial score (nSPS) is 17.9. The van der Waals surface area contributed by atoms with Gasteiger partial charge in [0.25, 0.3) is 0 Å². The summed E-state index contributed by atoms with van der Waals surface area (Å²) >= 11 is 0. The summed E-state index contributed by atoms with van der Waals surface area (Å²) in [4.78, 5) is 7.28. The standard InChI is InChI=1S/C30H29N3O2/c1-19-14-24(33-17-20(2)35-21(3)18-33)12-13-25(19)28-16-32-29-26(6-5-7-27(29)30(28)34-4)23-10-8-22(15-31)9-11-23/h5-14,16,20-21H,17-18H2,1-4H3/t20-,21+. The summed E-state index contributed by atoms with van der Waals surface area (Å²) in [5, 5.41) is 10.1. The summed E-state index contributed by atoms with van der Waals surface area (Å²) in [7, 11) is 1.72. The van der Waals surface area contributed by atoms with E-state index < -0.39 is 0 Å². The molecule has 4 aromatic rings. The fraction of sp³-hybridized carbons (Fsp3) is 0.267. The number of methoxy groups -OCH3 is 1. The molecule has 5 nitrogen and oxygen atoms in total. The van der Waals surface area contributed by atoms with Crippen molar-refractivity contribution in [1.82, 2.24) is 4.98 Å². The van der Waals surface area contributed by atoms with Gasteiger partial charge in [-0.05, 0) is 67.8 Å². The molecule has 1 aliphatic rings. The smallest absolute Gasteiger partial charge is 0.137 e. The molecule has 1 aliphatic heterocycles. The van der Waals surface area contributed by atoms with Gasteiger partial charge in [0.2, 0.25) is 0 Å². The lowest BCUT2D eigenvalue weighted by Gasteiger charge is -2.37. The van der Waals surface area contributed by atoms with Crippen LogP contribution in [0.4, 0.5) is 5.69 Å². The molecule has 1 fully saturated rings. The average Bonchev–Trinajstić information content (AvgIpc) is 2.87. The Bertz CT molecular complexity index is 1410. The fourth-order valence-electron chi connectivity index (χ4n) is 5.10. The van der Waals surface area contributed by atoms with Crippen LogP contribution in [0.2, 0.25) is 0 Å². The largest absolute Gasteiger partial charge is 0.495 e. The number of nitrogens with zero attached hydrogens (tertiary/aromatic N) is 3. The molecule has 0 aliphatic carbocycles. The highest BCUT2D eigenvalue weighted by atomic mass is 16.5. The Labute approximate surface area is 206 Å². The molecule has 3 aromatic carbocycles. The van der Waals surface area contributed by atoms with Gasteiger partial charge in [0.05, 0.1) is 36.5 Å².